The van der Waals surface area contributed by atoms with Crippen LogP contribution in [0.4, 0.5) is 5.69 Å². The topological polar surface area (TPSA) is 46.9 Å². The summed E-state index contributed by atoms with van der Waals surface area (Å²) in [7, 11) is 1.80. The fourth-order valence-electron chi connectivity index (χ4n) is 1.69. The fourth-order valence-corrected chi connectivity index (χ4v) is 2.07. The maximum absolute atomic E-state index is 12.1. The van der Waals surface area contributed by atoms with Crippen LogP contribution in [-0.2, 0) is 7.05 Å². The molecule has 0 fully saturated rings. The molecule has 2 rings (SSSR count). The van der Waals surface area contributed by atoms with E-state index in [0.717, 1.165) is 21.4 Å². The van der Waals surface area contributed by atoms with E-state index >= 15 is 0 Å². The van der Waals surface area contributed by atoms with Gasteiger partial charge in [-0.3, -0.25) is 9.48 Å². The zero-order valence-corrected chi connectivity index (χ0v) is 12.1. The molecule has 5 heteroatoms. The Morgan fingerprint density at radius 2 is 2.11 bits per heavy atom. The minimum absolute atomic E-state index is 0.142. The third kappa shape index (κ3) is 2.61. The van der Waals surface area contributed by atoms with Gasteiger partial charge in [0.1, 0.15) is 0 Å². The van der Waals surface area contributed by atoms with Crippen molar-refractivity contribution in [2.45, 2.75) is 13.8 Å². The molecule has 1 aromatic heterocycles. The summed E-state index contributed by atoms with van der Waals surface area (Å²) in [5.74, 6) is -0.142. The third-order valence-corrected chi connectivity index (χ3v) is 3.54. The Labute approximate surface area is 114 Å². The van der Waals surface area contributed by atoms with Crippen LogP contribution in [0.25, 0.3) is 0 Å². The summed E-state index contributed by atoms with van der Waals surface area (Å²) in [5, 5.41) is 7.01. The van der Waals surface area contributed by atoms with Crippen LogP contribution in [0.5, 0.6) is 0 Å². The predicted octanol–water partition coefficient (Wildman–Crippen LogP) is 3.05. The summed E-state index contributed by atoms with van der Waals surface area (Å²) in [6.07, 6.45) is 1.72. The lowest BCUT2D eigenvalue weighted by Crippen LogP contribution is -2.12. The lowest BCUT2D eigenvalue weighted by Gasteiger charge is -2.06. The molecule has 0 aliphatic carbocycles. The molecular weight excluding hydrogens is 294 g/mol. The van der Waals surface area contributed by atoms with Crippen molar-refractivity contribution in [3.8, 4) is 0 Å². The Kier molecular flexibility index (Phi) is 3.52. The van der Waals surface area contributed by atoms with Gasteiger partial charge in [0.15, 0.2) is 0 Å². The quantitative estimate of drug-likeness (QED) is 0.927. The summed E-state index contributed by atoms with van der Waals surface area (Å²) in [4.78, 5) is 12.1. The number of aryl methyl sites for hydroxylation is 3. The Hall–Kier alpha value is -1.62. The van der Waals surface area contributed by atoms with Gasteiger partial charge < -0.3 is 5.32 Å². The minimum Gasteiger partial charge on any atom is -0.322 e. The number of hydrogen-bond acceptors (Lipinski definition) is 2. The highest BCUT2D eigenvalue weighted by molar-refractivity contribution is 9.10. The lowest BCUT2D eigenvalue weighted by molar-refractivity contribution is 0.102. The molecule has 0 aliphatic rings. The van der Waals surface area contributed by atoms with Crippen LogP contribution in [0, 0.1) is 13.8 Å². The minimum atomic E-state index is -0.142. The van der Waals surface area contributed by atoms with Gasteiger partial charge in [-0.15, -0.1) is 0 Å². The average Bonchev–Trinajstić information content (AvgIpc) is 2.63. The van der Waals surface area contributed by atoms with Crippen LogP contribution in [0.2, 0.25) is 0 Å². The molecule has 1 heterocycles. The number of carbonyl (C=O) groups is 1. The standard InChI is InChI=1S/C13H14BrN3O/c1-8-4-5-10(6-12(8)14)15-13(18)11-7-17(3)16-9(11)2/h4-7H,1-3H3,(H,15,18). The smallest absolute Gasteiger partial charge is 0.259 e. The highest BCUT2D eigenvalue weighted by Crippen LogP contribution is 2.21. The highest BCUT2D eigenvalue weighted by atomic mass is 79.9. The SMILES string of the molecule is Cc1ccc(NC(=O)c2cn(C)nc2C)cc1Br. The van der Waals surface area contributed by atoms with E-state index in [1.165, 1.54) is 0 Å². The van der Waals surface area contributed by atoms with Gasteiger partial charge >= 0.3 is 0 Å². The van der Waals surface area contributed by atoms with Gasteiger partial charge in [0.25, 0.3) is 5.91 Å². The molecule has 0 bridgehead atoms. The van der Waals surface area contributed by atoms with E-state index < -0.39 is 0 Å². The second-order valence-electron chi connectivity index (χ2n) is 4.22. The molecule has 0 atom stereocenters. The molecule has 0 saturated carbocycles. The first-order valence-electron chi connectivity index (χ1n) is 5.55. The van der Waals surface area contributed by atoms with Gasteiger partial charge in [-0.1, -0.05) is 22.0 Å². The summed E-state index contributed by atoms with van der Waals surface area (Å²) in [5.41, 5.74) is 3.21. The maximum Gasteiger partial charge on any atom is 0.259 e. The number of benzene rings is 1. The highest BCUT2D eigenvalue weighted by Gasteiger charge is 2.12. The molecule has 94 valence electrons. The number of halogens is 1. The Morgan fingerprint density at radius 1 is 1.39 bits per heavy atom. The van der Waals surface area contributed by atoms with Gasteiger partial charge in [0.2, 0.25) is 0 Å². The molecule has 0 aliphatic heterocycles. The van der Waals surface area contributed by atoms with Crippen LogP contribution >= 0.6 is 15.9 Å². The van der Waals surface area contributed by atoms with Crippen molar-refractivity contribution in [2.75, 3.05) is 5.32 Å². The zero-order valence-electron chi connectivity index (χ0n) is 10.5. The molecule has 18 heavy (non-hydrogen) atoms. The van der Waals surface area contributed by atoms with Crippen molar-refractivity contribution < 1.29 is 4.79 Å². The van der Waals surface area contributed by atoms with Crippen LogP contribution in [0.15, 0.2) is 28.9 Å². The molecule has 1 aromatic carbocycles. The number of anilines is 1. The molecule has 0 unspecified atom stereocenters. The Balaban J connectivity index is 2.21. The van der Waals surface area contributed by atoms with Gasteiger partial charge in [-0.25, -0.2) is 0 Å². The number of amides is 1. The van der Waals surface area contributed by atoms with E-state index in [4.69, 9.17) is 0 Å². The lowest BCUT2D eigenvalue weighted by atomic mass is 10.2. The molecule has 0 spiro atoms. The van der Waals surface area contributed by atoms with Gasteiger partial charge in [0, 0.05) is 23.4 Å². The van der Waals surface area contributed by atoms with Crippen molar-refractivity contribution in [2.24, 2.45) is 7.05 Å². The van der Waals surface area contributed by atoms with E-state index in [2.05, 4.69) is 26.3 Å². The van der Waals surface area contributed by atoms with Crippen LogP contribution in [0.1, 0.15) is 21.6 Å². The fraction of sp³-hybridized carbons (Fsp3) is 0.231. The summed E-state index contributed by atoms with van der Waals surface area (Å²) in [6.45, 7) is 3.82. The van der Waals surface area contributed by atoms with E-state index in [9.17, 15) is 4.79 Å². The van der Waals surface area contributed by atoms with E-state index in [0.29, 0.717) is 5.56 Å². The number of hydrogen-bond donors (Lipinski definition) is 1. The molecule has 4 nitrogen and oxygen atoms in total. The molecule has 0 radical (unpaired) electrons. The molecule has 0 saturated heterocycles. The first kappa shape index (κ1) is 12.8. The van der Waals surface area contributed by atoms with Gasteiger partial charge in [0.05, 0.1) is 11.3 Å². The molecule has 1 amide bonds. The van der Waals surface area contributed by atoms with Crippen LogP contribution in [-0.4, -0.2) is 15.7 Å². The molecule has 2 aromatic rings. The first-order valence-corrected chi connectivity index (χ1v) is 6.34. The number of aromatic nitrogens is 2. The molecular formula is C13H14BrN3O. The maximum atomic E-state index is 12.1. The van der Waals surface area contributed by atoms with Crippen molar-refractivity contribution >= 4 is 27.5 Å². The van der Waals surface area contributed by atoms with Crippen molar-refractivity contribution in [1.29, 1.82) is 0 Å². The van der Waals surface area contributed by atoms with Crippen LogP contribution in [0.3, 0.4) is 0 Å². The third-order valence-electron chi connectivity index (χ3n) is 2.69. The van der Waals surface area contributed by atoms with Gasteiger partial charge in [-0.2, -0.15) is 5.10 Å². The van der Waals surface area contributed by atoms with Crippen molar-refractivity contribution in [3.63, 3.8) is 0 Å². The number of carbonyl (C=O) groups excluding carboxylic acids is 1. The monoisotopic (exact) mass is 307 g/mol. The summed E-state index contributed by atoms with van der Waals surface area (Å²) >= 11 is 3.44. The second kappa shape index (κ2) is 4.94. The average molecular weight is 308 g/mol. The predicted molar refractivity (Wildman–Crippen MR) is 74.8 cm³/mol. The summed E-state index contributed by atoms with van der Waals surface area (Å²) in [6, 6.07) is 5.72. The second-order valence-corrected chi connectivity index (χ2v) is 5.07. The number of nitrogens with zero attached hydrogens (tertiary/aromatic N) is 2. The van der Waals surface area contributed by atoms with E-state index in [1.54, 1.807) is 17.9 Å². The van der Waals surface area contributed by atoms with Crippen molar-refractivity contribution in [3.05, 3.63) is 45.7 Å². The van der Waals surface area contributed by atoms with Crippen molar-refractivity contribution in [1.82, 2.24) is 9.78 Å². The van der Waals surface area contributed by atoms with E-state index in [1.807, 2.05) is 32.0 Å². The normalized spacial score (nSPS) is 10.4. The molecule has 1 N–H and O–H groups in total. The Bertz CT molecular complexity index is 604. The number of rotatable bonds is 2. The summed E-state index contributed by atoms with van der Waals surface area (Å²) < 4.78 is 2.61. The Morgan fingerprint density at radius 3 is 2.67 bits per heavy atom. The largest absolute Gasteiger partial charge is 0.322 e. The van der Waals surface area contributed by atoms with Crippen LogP contribution < -0.4 is 5.32 Å². The van der Waals surface area contributed by atoms with E-state index in [-0.39, 0.29) is 5.91 Å². The number of nitrogens with one attached hydrogen (secondary N) is 1. The zero-order chi connectivity index (χ0) is 13.3. The van der Waals surface area contributed by atoms with Gasteiger partial charge in [-0.05, 0) is 31.5 Å². The first-order chi connectivity index (χ1) is 8.47.